The van der Waals surface area contributed by atoms with Crippen LogP contribution in [0.2, 0.25) is 0 Å². The van der Waals surface area contributed by atoms with Crippen LogP contribution < -0.4 is 51.1 Å². The minimum atomic E-state index is -0.258. The zero-order chi connectivity index (χ0) is 25.9. The third-order valence-corrected chi connectivity index (χ3v) is 6.62. The van der Waals surface area contributed by atoms with Gasteiger partial charge >= 0.3 is 0 Å². The Morgan fingerprint density at radius 3 is 2.44 bits per heavy atom. The van der Waals surface area contributed by atoms with Crippen LogP contribution in [0.4, 0.5) is 21.7 Å². The van der Waals surface area contributed by atoms with E-state index in [2.05, 4.69) is 56.9 Å². The number of carbonyl (C=O) groups excluding carboxylic acids is 1. The lowest BCUT2D eigenvalue weighted by Crippen LogP contribution is -3.14. The number of nitrogens with one attached hydrogen (secondary N) is 4. The molecule has 1 aromatic heterocycles. The summed E-state index contributed by atoms with van der Waals surface area (Å²) in [5, 5.41) is 6.12. The van der Waals surface area contributed by atoms with Gasteiger partial charge in [-0.15, -0.1) is 0 Å². The molecule has 10 heteroatoms. The number of piperazine rings is 1. The summed E-state index contributed by atoms with van der Waals surface area (Å²) in [7, 11) is 0. The van der Waals surface area contributed by atoms with Crippen molar-refractivity contribution < 1.29 is 43.9 Å². The van der Waals surface area contributed by atoms with Gasteiger partial charge in [0.15, 0.2) is 0 Å². The maximum absolute atomic E-state index is 13.0. The van der Waals surface area contributed by atoms with Crippen molar-refractivity contribution in [3.63, 3.8) is 0 Å². The van der Waals surface area contributed by atoms with Gasteiger partial charge in [-0.3, -0.25) is 9.69 Å². The van der Waals surface area contributed by atoms with Crippen molar-refractivity contribution in [2.75, 3.05) is 55.6 Å². The third-order valence-electron chi connectivity index (χ3n) is 6.62. The Labute approximate surface area is 242 Å². The highest BCUT2D eigenvalue weighted by atomic mass is 35.5. The molecule has 1 fully saturated rings. The number of quaternary nitrogens is 1. The normalized spacial score (nSPS) is 13.9. The van der Waals surface area contributed by atoms with E-state index in [4.69, 9.17) is 5.73 Å². The number of halogens is 3. The molecule has 6 N–H and O–H groups in total. The summed E-state index contributed by atoms with van der Waals surface area (Å²) < 4.78 is 13.0. The largest absolute Gasteiger partial charge is 1.00 e. The Balaban J connectivity index is 0.00000267. The van der Waals surface area contributed by atoms with Gasteiger partial charge in [0.05, 0.1) is 26.2 Å². The van der Waals surface area contributed by atoms with Crippen molar-refractivity contribution in [2.24, 2.45) is 0 Å². The fourth-order valence-electron chi connectivity index (χ4n) is 4.44. The molecule has 1 aliphatic heterocycles. The number of carbonyl (C=O) groups is 1. The Morgan fingerprint density at radius 2 is 1.74 bits per heavy atom. The number of nitrogen functional groups attached to an aromatic ring is 1. The van der Waals surface area contributed by atoms with Gasteiger partial charge in [-0.25, -0.2) is 9.37 Å². The number of rotatable bonds is 11. The first kappa shape index (κ1) is 32.0. The molecule has 3 aromatic rings. The van der Waals surface area contributed by atoms with E-state index in [1.165, 1.54) is 17.7 Å². The maximum Gasteiger partial charge on any atom is 0.241 e. The second-order valence-corrected chi connectivity index (χ2v) is 9.44. The summed E-state index contributed by atoms with van der Waals surface area (Å²) in [5.74, 6) is 0.821. The zero-order valence-corrected chi connectivity index (χ0v) is 23.4. The minimum absolute atomic E-state index is 0. The molecule has 0 atom stereocenters. The Hall–Kier alpha value is -3.17. The minimum Gasteiger partial charge on any atom is -1.00 e. The van der Waals surface area contributed by atoms with Crippen LogP contribution in [-0.4, -0.2) is 50.1 Å². The molecule has 0 bridgehead atoms. The third kappa shape index (κ3) is 10.8. The van der Waals surface area contributed by atoms with Gasteiger partial charge in [-0.05, 0) is 29.3 Å². The van der Waals surface area contributed by atoms with Crippen molar-refractivity contribution in [3.05, 3.63) is 89.8 Å². The molecule has 0 unspecified atom stereocenters. The average molecular weight is 576 g/mol. The number of pyridine rings is 1. The quantitative estimate of drug-likeness (QED) is 0.191. The van der Waals surface area contributed by atoms with E-state index in [-0.39, 0.29) is 36.5 Å². The first-order valence-corrected chi connectivity index (χ1v) is 12.9. The molecule has 0 radical (unpaired) electrons. The number of hydrogen-bond donors (Lipinski definition) is 4. The number of benzene rings is 2. The van der Waals surface area contributed by atoms with E-state index in [0.717, 1.165) is 57.1 Å². The van der Waals surface area contributed by atoms with Crippen LogP contribution in [0, 0.1) is 5.82 Å². The number of amides is 1. The van der Waals surface area contributed by atoms with Crippen molar-refractivity contribution >= 4 is 29.3 Å². The predicted octanol–water partition coefficient (Wildman–Crippen LogP) is -3.53. The Morgan fingerprint density at radius 1 is 1.03 bits per heavy atom. The molecule has 2 aromatic carbocycles. The monoisotopic (exact) mass is 574 g/mol. The molecular weight excluding hydrogens is 538 g/mol. The van der Waals surface area contributed by atoms with Crippen LogP contribution in [0.3, 0.4) is 0 Å². The summed E-state index contributed by atoms with van der Waals surface area (Å²) >= 11 is 0. The molecule has 7 nitrogen and oxygen atoms in total. The van der Waals surface area contributed by atoms with Gasteiger partial charge < -0.3 is 46.1 Å². The Bertz CT molecular complexity index is 1170. The molecule has 0 saturated carbocycles. The van der Waals surface area contributed by atoms with E-state index in [9.17, 15) is 9.18 Å². The van der Waals surface area contributed by atoms with Crippen molar-refractivity contribution in [1.82, 2.24) is 4.90 Å². The molecular formula is C29H37Cl2FN6O. The lowest BCUT2D eigenvalue weighted by atomic mass is 10.2. The highest BCUT2D eigenvalue weighted by Crippen LogP contribution is 2.16. The molecule has 2 heterocycles. The maximum atomic E-state index is 13.0. The molecule has 4 rings (SSSR count). The summed E-state index contributed by atoms with van der Waals surface area (Å²) in [6, 6.07) is 20.3. The van der Waals surface area contributed by atoms with Crippen LogP contribution in [0.5, 0.6) is 0 Å². The molecule has 1 amide bonds. The fourth-order valence-corrected chi connectivity index (χ4v) is 4.44. The zero-order valence-electron chi connectivity index (χ0n) is 21.9. The number of aromatic nitrogens is 1. The van der Waals surface area contributed by atoms with Crippen LogP contribution in [0.15, 0.2) is 72.8 Å². The number of nitrogens with two attached hydrogens (primary N) is 1. The van der Waals surface area contributed by atoms with Crippen LogP contribution in [-0.2, 0) is 11.3 Å². The van der Waals surface area contributed by atoms with Gasteiger partial charge in [0.1, 0.15) is 11.5 Å². The topological polar surface area (TPSA) is 89.0 Å². The smallest absolute Gasteiger partial charge is 0.241 e. The highest BCUT2D eigenvalue weighted by molar-refractivity contribution is 5.92. The van der Waals surface area contributed by atoms with E-state index >= 15 is 0 Å². The first-order valence-electron chi connectivity index (χ1n) is 12.9. The van der Waals surface area contributed by atoms with E-state index in [1.54, 1.807) is 23.1 Å². The van der Waals surface area contributed by atoms with Gasteiger partial charge in [-0.1, -0.05) is 54.6 Å². The van der Waals surface area contributed by atoms with Crippen LogP contribution in [0.1, 0.15) is 24.0 Å². The lowest BCUT2D eigenvalue weighted by Gasteiger charge is -2.31. The Kier molecular flexibility index (Phi) is 13.7. The second kappa shape index (κ2) is 16.7. The molecule has 0 aliphatic carbocycles. The van der Waals surface area contributed by atoms with E-state index < -0.39 is 0 Å². The number of H-pyrrole nitrogens is 1. The number of hydrogen-bond acceptors (Lipinski definition) is 4. The lowest BCUT2D eigenvalue weighted by molar-refractivity contribution is -0.904. The molecule has 0 spiro atoms. The molecule has 1 aliphatic rings. The fraction of sp³-hybridized carbons (Fsp3) is 0.310. The van der Waals surface area contributed by atoms with Gasteiger partial charge in [0, 0.05) is 38.5 Å². The highest BCUT2D eigenvalue weighted by Gasteiger charge is 2.19. The van der Waals surface area contributed by atoms with Crippen LogP contribution in [0.25, 0.3) is 6.08 Å². The van der Waals surface area contributed by atoms with Crippen molar-refractivity contribution in [2.45, 2.75) is 19.4 Å². The summed E-state index contributed by atoms with van der Waals surface area (Å²) in [5.41, 5.74) is 8.87. The summed E-state index contributed by atoms with van der Waals surface area (Å²) in [4.78, 5) is 19.6. The standard InChI is InChI=1S/C29H35FN6O.2ClH/c30-25-12-10-24(11-13-25)22-32-27-15-14-26(29(31)34-27)33-28(37)9-5-17-36-20-18-35(19-21-36)16-4-8-23-6-2-1-3-7-23;;/h1-4,6-8,10-15H,5,9,16-22H2,(H,33,37)(H3,31,32,34);2*1H/b8-4+;;. The summed E-state index contributed by atoms with van der Waals surface area (Å²) in [6.07, 6.45) is 5.73. The van der Waals surface area contributed by atoms with Gasteiger partial charge in [0.25, 0.3) is 0 Å². The first-order chi connectivity index (χ1) is 18.0. The second-order valence-electron chi connectivity index (χ2n) is 9.44. The van der Waals surface area contributed by atoms with E-state index in [1.807, 2.05) is 12.1 Å². The van der Waals surface area contributed by atoms with Crippen molar-refractivity contribution in [1.29, 1.82) is 0 Å². The summed E-state index contributed by atoms with van der Waals surface area (Å²) in [6.45, 7) is 6.87. The van der Waals surface area contributed by atoms with Crippen molar-refractivity contribution in [3.8, 4) is 0 Å². The van der Waals surface area contributed by atoms with Gasteiger partial charge in [-0.2, -0.15) is 0 Å². The van der Waals surface area contributed by atoms with Gasteiger partial charge in [0.2, 0.25) is 17.5 Å². The number of anilines is 3. The molecule has 39 heavy (non-hydrogen) atoms. The van der Waals surface area contributed by atoms with E-state index in [0.29, 0.717) is 24.5 Å². The average Bonchev–Trinajstić information content (AvgIpc) is 2.91. The number of nitrogens with zero attached hydrogens (tertiary/aromatic N) is 1. The molecule has 1 saturated heterocycles. The molecule has 210 valence electrons. The number of aromatic amines is 1. The SMILES string of the molecule is Nc1[nH+]c(NCc2ccc(F)cc2)ccc1NC(=O)CCC[NH+]1CCN(C/C=C/c2ccccc2)CC1.[Cl-].[Cl-]. The predicted molar refractivity (Wildman–Crippen MR) is 146 cm³/mol. The van der Waals surface area contributed by atoms with Crippen LogP contribution >= 0.6 is 0 Å².